The van der Waals surface area contributed by atoms with Gasteiger partial charge < -0.3 is 10.1 Å². The van der Waals surface area contributed by atoms with Crippen LogP contribution in [0.25, 0.3) is 0 Å². The molecule has 2 aromatic rings. The molecular weight excluding hydrogens is 368 g/mol. The standard InChI is InChI=1S/C17H26N6O3S/c1-13-5-6-14(27(24,25)22-7-9-26-10-8-22)11-15(13)18-12-16-19-21-23(20-16)17(2,3)4/h5-6,11,18H,7-10,12H2,1-4H3. The van der Waals surface area contributed by atoms with Crippen molar-refractivity contribution in [3.63, 3.8) is 0 Å². The summed E-state index contributed by atoms with van der Waals surface area (Å²) >= 11 is 0. The second-order valence-electron chi connectivity index (χ2n) is 7.51. The Bertz CT molecular complexity index is 898. The molecule has 1 aromatic carbocycles. The number of rotatable bonds is 5. The average molecular weight is 395 g/mol. The lowest BCUT2D eigenvalue weighted by Gasteiger charge is -2.26. The molecule has 3 rings (SSSR count). The summed E-state index contributed by atoms with van der Waals surface area (Å²) < 4.78 is 32.4. The molecule has 0 spiro atoms. The highest BCUT2D eigenvalue weighted by atomic mass is 32.2. The first kappa shape index (κ1) is 19.7. The molecule has 1 aliphatic rings. The van der Waals surface area contributed by atoms with E-state index in [0.29, 0.717) is 38.7 Å². The van der Waals surface area contributed by atoms with Gasteiger partial charge in [0.2, 0.25) is 10.0 Å². The maximum atomic E-state index is 12.8. The van der Waals surface area contributed by atoms with E-state index in [1.54, 1.807) is 23.0 Å². The number of morpholine rings is 1. The normalized spacial score (nSPS) is 16.4. The summed E-state index contributed by atoms with van der Waals surface area (Å²) in [5.74, 6) is 0.547. The first-order chi connectivity index (χ1) is 12.7. The summed E-state index contributed by atoms with van der Waals surface area (Å²) in [6.07, 6.45) is 0. The number of anilines is 1. The van der Waals surface area contributed by atoms with Gasteiger partial charge in [-0.05, 0) is 50.6 Å². The van der Waals surface area contributed by atoms with Crippen molar-refractivity contribution >= 4 is 15.7 Å². The van der Waals surface area contributed by atoms with Gasteiger partial charge >= 0.3 is 0 Å². The van der Waals surface area contributed by atoms with Crippen LogP contribution < -0.4 is 5.32 Å². The minimum Gasteiger partial charge on any atom is -0.379 e. The summed E-state index contributed by atoms with van der Waals surface area (Å²) in [5.41, 5.74) is 1.43. The monoisotopic (exact) mass is 394 g/mol. The lowest BCUT2D eigenvalue weighted by Crippen LogP contribution is -2.40. The maximum absolute atomic E-state index is 12.8. The molecular formula is C17H26N6O3S. The molecule has 0 saturated carbocycles. The molecule has 1 fully saturated rings. The molecule has 27 heavy (non-hydrogen) atoms. The Kier molecular flexibility index (Phi) is 5.50. The highest BCUT2D eigenvalue weighted by molar-refractivity contribution is 7.89. The van der Waals surface area contributed by atoms with Crippen LogP contribution in [0.15, 0.2) is 23.1 Å². The van der Waals surface area contributed by atoms with Crippen LogP contribution in [0.4, 0.5) is 5.69 Å². The minimum absolute atomic E-state index is 0.243. The molecule has 10 heteroatoms. The minimum atomic E-state index is -3.53. The predicted octanol–water partition coefficient (Wildman–Crippen LogP) is 1.37. The number of sulfonamides is 1. The third-order valence-electron chi connectivity index (χ3n) is 4.31. The third kappa shape index (κ3) is 4.45. The molecule has 1 aliphatic heterocycles. The first-order valence-electron chi connectivity index (χ1n) is 8.90. The van der Waals surface area contributed by atoms with Gasteiger partial charge in [-0.25, -0.2) is 8.42 Å². The molecule has 0 bridgehead atoms. The number of aryl methyl sites for hydroxylation is 1. The van der Waals surface area contributed by atoms with Gasteiger partial charge in [-0.3, -0.25) is 0 Å². The molecule has 0 radical (unpaired) electrons. The molecule has 148 valence electrons. The van der Waals surface area contributed by atoms with Crippen LogP contribution in [-0.2, 0) is 26.8 Å². The van der Waals surface area contributed by atoms with E-state index in [0.717, 1.165) is 11.3 Å². The topological polar surface area (TPSA) is 102 Å². The van der Waals surface area contributed by atoms with E-state index in [4.69, 9.17) is 4.74 Å². The number of hydrogen-bond acceptors (Lipinski definition) is 7. The van der Waals surface area contributed by atoms with Gasteiger partial charge in [0.15, 0.2) is 5.82 Å². The van der Waals surface area contributed by atoms with Crippen LogP contribution in [0, 0.1) is 6.92 Å². The van der Waals surface area contributed by atoms with Crippen LogP contribution in [0.1, 0.15) is 32.2 Å². The van der Waals surface area contributed by atoms with E-state index < -0.39 is 10.0 Å². The smallest absolute Gasteiger partial charge is 0.243 e. The second kappa shape index (κ2) is 7.53. The predicted molar refractivity (Wildman–Crippen MR) is 101 cm³/mol. The van der Waals surface area contributed by atoms with Crippen molar-refractivity contribution in [1.29, 1.82) is 0 Å². The Morgan fingerprint density at radius 1 is 1.22 bits per heavy atom. The van der Waals surface area contributed by atoms with E-state index in [1.165, 1.54) is 4.31 Å². The summed E-state index contributed by atoms with van der Waals surface area (Å²) in [7, 11) is -3.53. The highest BCUT2D eigenvalue weighted by Crippen LogP contribution is 2.24. The van der Waals surface area contributed by atoms with Crippen molar-refractivity contribution in [2.75, 3.05) is 31.6 Å². The molecule has 0 amide bonds. The van der Waals surface area contributed by atoms with Gasteiger partial charge in [-0.15, -0.1) is 10.2 Å². The quantitative estimate of drug-likeness (QED) is 0.817. The number of nitrogens with zero attached hydrogens (tertiary/aromatic N) is 5. The third-order valence-corrected chi connectivity index (χ3v) is 6.20. The van der Waals surface area contributed by atoms with Gasteiger partial charge in [0, 0.05) is 18.8 Å². The Morgan fingerprint density at radius 3 is 2.56 bits per heavy atom. The Morgan fingerprint density at radius 2 is 1.93 bits per heavy atom. The number of benzene rings is 1. The number of nitrogens with one attached hydrogen (secondary N) is 1. The molecule has 0 unspecified atom stereocenters. The zero-order chi connectivity index (χ0) is 19.7. The van der Waals surface area contributed by atoms with Crippen molar-refractivity contribution in [1.82, 2.24) is 24.5 Å². The van der Waals surface area contributed by atoms with Crippen LogP contribution >= 0.6 is 0 Å². The maximum Gasteiger partial charge on any atom is 0.243 e. The van der Waals surface area contributed by atoms with Crippen LogP contribution in [0.3, 0.4) is 0 Å². The fraction of sp³-hybridized carbons (Fsp3) is 0.588. The van der Waals surface area contributed by atoms with E-state index in [9.17, 15) is 8.42 Å². The van der Waals surface area contributed by atoms with Crippen LogP contribution in [0.2, 0.25) is 0 Å². The van der Waals surface area contributed by atoms with Crippen LogP contribution in [0.5, 0.6) is 0 Å². The molecule has 0 aliphatic carbocycles. The fourth-order valence-corrected chi connectivity index (χ4v) is 4.10. The molecule has 2 heterocycles. The lowest BCUT2D eigenvalue weighted by molar-refractivity contribution is 0.0730. The van der Waals surface area contributed by atoms with E-state index in [-0.39, 0.29) is 10.4 Å². The van der Waals surface area contributed by atoms with Crippen molar-refractivity contribution in [2.45, 2.75) is 44.7 Å². The summed E-state index contributed by atoms with van der Waals surface area (Å²) in [4.78, 5) is 1.83. The molecule has 9 nitrogen and oxygen atoms in total. The van der Waals surface area contributed by atoms with Crippen molar-refractivity contribution in [3.8, 4) is 0 Å². The Labute approximate surface area is 159 Å². The number of ether oxygens (including phenoxy) is 1. The van der Waals surface area contributed by atoms with Crippen molar-refractivity contribution in [3.05, 3.63) is 29.6 Å². The zero-order valence-electron chi connectivity index (χ0n) is 16.1. The Hall–Kier alpha value is -2.04. The lowest BCUT2D eigenvalue weighted by atomic mass is 10.1. The van der Waals surface area contributed by atoms with Crippen molar-refractivity contribution < 1.29 is 13.2 Å². The average Bonchev–Trinajstić information content (AvgIpc) is 3.11. The molecule has 1 saturated heterocycles. The van der Waals surface area contributed by atoms with Gasteiger partial charge in [0.05, 0.1) is 30.2 Å². The Balaban J connectivity index is 1.76. The highest BCUT2D eigenvalue weighted by Gasteiger charge is 2.26. The van der Waals surface area contributed by atoms with Crippen molar-refractivity contribution in [2.24, 2.45) is 0 Å². The zero-order valence-corrected chi connectivity index (χ0v) is 17.0. The van der Waals surface area contributed by atoms with Crippen LogP contribution in [-0.4, -0.2) is 59.2 Å². The molecule has 0 atom stereocenters. The van der Waals surface area contributed by atoms with E-state index >= 15 is 0 Å². The summed E-state index contributed by atoms with van der Waals surface area (Å²) in [6.45, 7) is 9.86. The largest absolute Gasteiger partial charge is 0.379 e. The van der Waals surface area contributed by atoms with Gasteiger partial charge in [-0.1, -0.05) is 6.07 Å². The summed E-state index contributed by atoms with van der Waals surface area (Å²) in [6, 6.07) is 5.10. The van der Waals surface area contributed by atoms with Gasteiger partial charge in [-0.2, -0.15) is 9.10 Å². The van der Waals surface area contributed by atoms with E-state index in [2.05, 4.69) is 20.7 Å². The first-order valence-corrected chi connectivity index (χ1v) is 10.3. The van der Waals surface area contributed by atoms with E-state index in [1.807, 2.05) is 27.7 Å². The van der Waals surface area contributed by atoms with Gasteiger partial charge in [0.1, 0.15) is 0 Å². The number of aromatic nitrogens is 4. The fourth-order valence-electron chi connectivity index (χ4n) is 2.66. The number of tetrazole rings is 1. The van der Waals surface area contributed by atoms with Gasteiger partial charge in [0.25, 0.3) is 0 Å². The number of hydrogen-bond donors (Lipinski definition) is 1. The summed E-state index contributed by atoms with van der Waals surface area (Å²) in [5, 5.41) is 15.7. The SMILES string of the molecule is Cc1ccc(S(=O)(=O)N2CCOCC2)cc1NCc1nnn(C(C)(C)C)n1. The molecule has 1 aromatic heterocycles. The molecule has 1 N–H and O–H groups in total. The second-order valence-corrected chi connectivity index (χ2v) is 9.45.